The maximum atomic E-state index is 14.5. The lowest BCUT2D eigenvalue weighted by Gasteiger charge is -2.62. The Balaban J connectivity index is 1.37. The number of methoxy groups -OCH3 is 1. The van der Waals surface area contributed by atoms with Crippen molar-refractivity contribution in [1.29, 1.82) is 0 Å². The highest BCUT2D eigenvalue weighted by Gasteiger charge is 2.57. The molecule has 3 aromatic carbocycles. The average molecular weight is 826 g/mol. The Kier molecular flexibility index (Phi) is 13.8. The number of carbonyl (C=O) groups is 2. The summed E-state index contributed by atoms with van der Waals surface area (Å²) in [6, 6.07) is 19.4. The number of anilines is 1. The van der Waals surface area contributed by atoms with E-state index in [1.807, 2.05) is 63.4 Å². The molecule has 328 valence electrons. The first-order valence-electron chi connectivity index (χ1n) is 21.8. The molecule has 0 spiro atoms. The standard InChI is InChI=1S/C49H71N5O6/c1-29-40-24-36(49(40,6)7)25-41(29)51-47(58)44-43(30(2)56)42(28-55)60-54(44)26-34-20-35(48(3,4)5)23-39(45(34)59-12)32-19-33(22-38(21-32)53(10)11)46(57)50-37(27-52(8)9)18-31-16-14-13-15-17-31/h13-17,19-23,29-30,36-37,40-44,55-56H,18,24-28H2,1-12H3,(H,50,57)(H,51,58)/t29-,30-,36-,37-,40+,41?,42-,43+,44-/m0/s1. The van der Waals surface area contributed by atoms with Crippen LogP contribution < -0.4 is 20.3 Å². The number of aliphatic hydroxyl groups excluding tert-OH is 2. The van der Waals surface area contributed by atoms with Gasteiger partial charge in [-0.3, -0.25) is 14.4 Å². The smallest absolute Gasteiger partial charge is 0.251 e. The van der Waals surface area contributed by atoms with E-state index in [4.69, 9.17) is 9.57 Å². The topological polar surface area (TPSA) is 127 Å². The van der Waals surface area contributed by atoms with Crippen molar-refractivity contribution in [2.45, 2.75) is 110 Å². The van der Waals surface area contributed by atoms with Gasteiger partial charge in [-0.25, -0.2) is 0 Å². The van der Waals surface area contributed by atoms with Crippen molar-refractivity contribution < 1.29 is 29.4 Å². The molecule has 4 N–H and O–H groups in total. The van der Waals surface area contributed by atoms with E-state index in [9.17, 15) is 19.8 Å². The molecule has 3 aliphatic carbocycles. The molecule has 4 fully saturated rings. The second kappa shape index (κ2) is 18.2. The third-order valence-corrected chi connectivity index (χ3v) is 13.9. The normalized spacial score (nSPS) is 25.9. The predicted molar refractivity (Wildman–Crippen MR) is 239 cm³/mol. The second-order valence-corrected chi connectivity index (χ2v) is 20.0. The van der Waals surface area contributed by atoms with Crippen LogP contribution in [0.4, 0.5) is 5.69 Å². The molecular formula is C49H71N5O6. The summed E-state index contributed by atoms with van der Waals surface area (Å²) in [5, 5.41) is 30.0. The zero-order chi connectivity index (χ0) is 43.8. The van der Waals surface area contributed by atoms with E-state index in [1.165, 1.54) is 6.42 Å². The lowest BCUT2D eigenvalue weighted by molar-refractivity contribution is -0.183. The summed E-state index contributed by atoms with van der Waals surface area (Å²) in [5.74, 6) is 0.992. The van der Waals surface area contributed by atoms with E-state index in [2.05, 4.69) is 87.4 Å². The summed E-state index contributed by atoms with van der Waals surface area (Å²) >= 11 is 0. The first kappa shape index (κ1) is 45.5. The predicted octanol–water partition coefficient (Wildman–Crippen LogP) is 6.29. The van der Waals surface area contributed by atoms with Gasteiger partial charge in [0.05, 0.1) is 26.4 Å². The summed E-state index contributed by atoms with van der Waals surface area (Å²) in [5.41, 5.74) is 5.96. The van der Waals surface area contributed by atoms with Gasteiger partial charge in [0.1, 0.15) is 17.9 Å². The minimum absolute atomic E-state index is 0.0242. The van der Waals surface area contributed by atoms with Crippen molar-refractivity contribution in [1.82, 2.24) is 20.6 Å². The van der Waals surface area contributed by atoms with Crippen LogP contribution in [0.25, 0.3) is 11.1 Å². The highest BCUT2D eigenvalue weighted by molar-refractivity contribution is 5.97. The number of benzene rings is 3. The SMILES string of the molecule is COc1c(CN2O[C@@H](CO)[C@@H]([C@H](C)O)[C@H]2C(=O)NC2C[C@@H]3C[C@H]([C@@H]2C)C3(C)C)cc(C(C)(C)C)cc1-c1cc(C(=O)N[C@@H](Cc2ccccc2)CN(C)C)cc(N(C)C)c1. The minimum Gasteiger partial charge on any atom is -0.496 e. The van der Waals surface area contributed by atoms with E-state index >= 15 is 0 Å². The maximum absolute atomic E-state index is 14.5. The van der Waals surface area contributed by atoms with Crippen LogP contribution in [0.2, 0.25) is 0 Å². The van der Waals surface area contributed by atoms with E-state index in [1.54, 1.807) is 19.1 Å². The summed E-state index contributed by atoms with van der Waals surface area (Å²) in [6.45, 7) is 15.5. The molecule has 1 unspecified atom stereocenters. The fourth-order valence-corrected chi connectivity index (χ4v) is 10.3. The summed E-state index contributed by atoms with van der Waals surface area (Å²) in [6.07, 6.45) is 1.13. The number of likely N-dealkylation sites (N-methyl/N-ethyl adjacent to an activating group) is 1. The van der Waals surface area contributed by atoms with Crippen LogP contribution in [0.5, 0.6) is 5.75 Å². The van der Waals surface area contributed by atoms with E-state index in [0.717, 1.165) is 39.9 Å². The molecule has 3 saturated carbocycles. The third kappa shape index (κ3) is 9.55. The number of nitrogens with one attached hydrogen (secondary N) is 2. The van der Waals surface area contributed by atoms with Crippen LogP contribution in [-0.4, -0.2) is 111 Å². The van der Waals surface area contributed by atoms with Crippen LogP contribution in [0.1, 0.15) is 88.4 Å². The second-order valence-electron chi connectivity index (χ2n) is 20.0. The number of hydrogen-bond donors (Lipinski definition) is 4. The first-order valence-corrected chi connectivity index (χ1v) is 21.8. The number of ether oxygens (including phenoxy) is 1. The number of carbonyl (C=O) groups excluding carboxylic acids is 2. The van der Waals surface area contributed by atoms with Crippen LogP contribution in [0, 0.1) is 29.1 Å². The number of aliphatic hydroxyl groups is 2. The van der Waals surface area contributed by atoms with Crippen molar-refractivity contribution in [3.63, 3.8) is 0 Å². The van der Waals surface area contributed by atoms with Gasteiger partial charge in [-0.15, -0.1) is 0 Å². The fourth-order valence-electron chi connectivity index (χ4n) is 10.3. The maximum Gasteiger partial charge on any atom is 0.251 e. The molecule has 0 radical (unpaired) electrons. The van der Waals surface area contributed by atoms with Gasteiger partial charge in [0, 0.05) is 61.0 Å². The van der Waals surface area contributed by atoms with Gasteiger partial charge in [-0.1, -0.05) is 77.9 Å². The number of rotatable bonds is 15. The molecule has 3 aromatic rings. The molecular weight excluding hydrogens is 755 g/mol. The molecule has 0 aromatic heterocycles. The number of amides is 2. The van der Waals surface area contributed by atoms with Gasteiger partial charge in [0.15, 0.2) is 0 Å². The number of nitrogens with zero attached hydrogens (tertiary/aromatic N) is 3. The van der Waals surface area contributed by atoms with Gasteiger partial charge < -0.3 is 35.4 Å². The molecule has 1 heterocycles. The van der Waals surface area contributed by atoms with Crippen molar-refractivity contribution in [3.05, 3.63) is 82.9 Å². The fraction of sp³-hybridized carbons (Fsp3) is 0.592. The summed E-state index contributed by atoms with van der Waals surface area (Å²) in [7, 11) is 9.58. The largest absolute Gasteiger partial charge is 0.496 e. The molecule has 7 rings (SSSR count). The van der Waals surface area contributed by atoms with E-state index in [-0.39, 0.29) is 47.9 Å². The molecule has 11 nitrogen and oxygen atoms in total. The van der Waals surface area contributed by atoms with Crippen LogP contribution in [0.15, 0.2) is 60.7 Å². The lowest BCUT2D eigenvalue weighted by atomic mass is 9.45. The van der Waals surface area contributed by atoms with Crippen LogP contribution in [-0.2, 0) is 28.0 Å². The van der Waals surface area contributed by atoms with Crippen molar-refractivity contribution >= 4 is 17.5 Å². The number of hydrogen-bond acceptors (Lipinski definition) is 9. The number of fused-ring (bicyclic) bond motifs is 2. The Bertz CT molecular complexity index is 1980. The summed E-state index contributed by atoms with van der Waals surface area (Å²) in [4.78, 5) is 39.3. The number of hydroxylamine groups is 2. The van der Waals surface area contributed by atoms with Crippen molar-refractivity contribution in [2.24, 2.45) is 29.1 Å². The minimum atomic E-state index is -0.916. The lowest BCUT2D eigenvalue weighted by Crippen LogP contribution is -2.62. The van der Waals surface area contributed by atoms with E-state index in [0.29, 0.717) is 42.0 Å². The molecule has 11 heteroatoms. The summed E-state index contributed by atoms with van der Waals surface area (Å²) < 4.78 is 6.28. The Morgan fingerprint density at radius 1 is 1.03 bits per heavy atom. The Labute approximate surface area is 358 Å². The quantitative estimate of drug-likeness (QED) is 0.140. The Morgan fingerprint density at radius 2 is 1.73 bits per heavy atom. The molecule has 2 bridgehead atoms. The van der Waals surface area contributed by atoms with Gasteiger partial charge >= 0.3 is 0 Å². The molecule has 9 atom stereocenters. The van der Waals surface area contributed by atoms with E-state index < -0.39 is 24.2 Å². The van der Waals surface area contributed by atoms with Gasteiger partial charge in [-0.05, 0) is 110 Å². The zero-order valence-corrected chi connectivity index (χ0v) is 38.1. The highest BCUT2D eigenvalue weighted by Crippen LogP contribution is 2.61. The van der Waals surface area contributed by atoms with Gasteiger partial charge in [0.2, 0.25) is 5.91 Å². The molecule has 60 heavy (non-hydrogen) atoms. The third-order valence-electron chi connectivity index (χ3n) is 13.9. The first-order chi connectivity index (χ1) is 28.2. The van der Waals surface area contributed by atoms with Crippen LogP contribution >= 0.6 is 0 Å². The van der Waals surface area contributed by atoms with Crippen molar-refractivity contribution in [2.75, 3.05) is 53.4 Å². The van der Waals surface area contributed by atoms with Gasteiger partial charge in [-0.2, -0.15) is 5.06 Å². The highest BCUT2D eigenvalue weighted by atomic mass is 16.7. The average Bonchev–Trinajstić information content (AvgIpc) is 3.56. The molecule has 4 aliphatic rings. The molecule has 1 aliphatic heterocycles. The van der Waals surface area contributed by atoms with Crippen LogP contribution in [0.3, 0.4) is 0 Å². The van der Waals surface area contributed by atoms with Crippen molar-refractivity contribution in [3.8, 4) is 16.9 Å². The molecule has 1 saturated heterocycles. The Morgan fingerprint density at radius 3 is 2.30 bits per heavy atom. The monoisotopic (exact) mass is 826 g/mol. The molecule has 2 amide bonds. The Hall–Kier alpha value is -4.00. The van der Waals surface area contributed by atoms with Gasteiger partial charge in [0.25, 0.3) is 5.91 Å². The zero-order valence-electron chi connectivity index (χ0n) is 38.1.